The molecule has 0 saturated carbocycles. The molecule has 6 heteroatoms. The minimum atomic E-state index is 0.446. The van der Waals surface area contributed by atoms with Crippen molar-refractivity contribution in [3.05, 3.63) is 64.3 Å². The fourth-order valence-electron chi connectivity index (χ4n) is 2.04. The van der Waals surface area contributed by atoms with E-state index >= 15 is 0 Å². The Bertz CT molecular complexity index is 817. The number of hydrogen-bond acceptors (Lipinski definition) is 5. The molecule has 2 aromatic carbocycles. The third-order valence-electron chi connectivity index (χ3n) is 3.25. The highest BCUT2D eigenvalue weighted by atomic mass is 79.9. The normalized spacial score (nSPS) is 10.4. The Balaban J connectivity index is 1.78. The quantitative estimate of drug-likeness (QED) is 0.695. The first-order chi connectivity index (χ1) is 11.1. The zero-order valence-electron chi connectivity index (χ0n) is 12.8. The molecular weight excluding hydrogens is 354 g/mol. The van der Waals surface area contributed by atoms with Gasteiger partial charge in [-0.1, -0.05) is 23.8 Å². The zero-order valence-corrected chi connectivity index (χ0v) is 14.4. The molecule has 0 radical (unpaired) electrons. The number of aromatic nitrogens is 3. The van der Waals surface area contributed by atoms with Crippen molar-refractivity contribution in [1.82, 2.24) is 15.2 Å². The number of benzene rings is 2. The van der Waals surface area contributed by atoms with Crippen LogP contribution >= 0.6 is 15.9 Å². The fourth-order valence-corrected chi connectivity index (χ4v) is 2.63. The van der Waals surface area contributed by atoms with Crippen LogP contribution in [0.3, 0.4) is 0 Å². The second-order valence-electron chi connectivity index (χ2n) is 5.26. The first-order valence-electron chi connectivity index (χ1n) is 7.17. The van der Waals surface area contributed by atoms with Crippen LogP contribution in [-0.4, -0.2) is 15.2 Å². The van der Waals surface area contributed by atoms with E-state index in [0.29, 0.717) is 11.8 Å². The van der Waals surface area contributed by atoms with E-state index in [0.717, 1.165) is 15.8 Å². The van der Waals surface area contributed by atoms with Crippen LogP contribution in [0.5, 0.6) is 0 Å². The van der Waals surface area contributed by atoms with Crippen molar-refractivity contribution in [2.45, 2.75) is 13.8 Å². The molecule has 0 atom stereocenters. The van der Waals surface area contributed by atoms with Gasteiger partial charge in [-0.05, 0) is 59.6 Å². The van der Waals surface area contributed by atoms with Gasteiger partial charge in [0, 0.05) is 10.2 Å². The number of halogens is 1. The van der Waals surface area contributed by atoms with Crippen molar-refractivity contribution in [1.29, 1.82) is 0 Å². The lowest BCUT2D eigenvalue weighted by Crippen LogP contribution is -2.02. The topological polar surface area (TPSA) is 62.7 Å². The molecule has 3 rings (SSSR count). The Labute approximate surface area is 143 Å². The zero-order chi connectivity index (χ0) is 16.2. The molecule has 0 spiro atoms. The highest BCUT2D eigenvalue weighted by molar-refractivity contribution is 9.10. The fraction of sp³-hybridized carbons (Fsp3) is 0.118. The molecule has 0 saturated heterocycles. The summed E-state index contributed by atoms with van der Waals surface area (Å²) in [5.41, 5.74) is 4.24. The number of nitrogens with one attached hydrogen (secondary N) is 2. The van der Waals surface area contributed by atoms with Gasteiger partial charge in [0.05, 0.1) is 11.9 Å². The summed E-state index contributed by atoms with van der Waals surface area (Å²) in [5.74, 6) is 1.07. The summed E-state index contributed by atoms with van der Waals surface area (Å²) >= 11 is 3.54. The van der Waals surface area contributed by atoms with Gasteiger partial charge in [-0.3, -0.25) is 0 Å². The van der Waals surface area contributed by atoms with Gasteiger partial charge in [0.1, 0.15) is 0 Å². The molecule has 1 aromatic heterocycles. The standard InChI is InChI=1S/C17H16BrN5/c1-11-3-6-13(7-4-11)20-17-22-16(10-19-23-17)21-15-8-5-12(2)9-14(15)18/h3-10H,1-2H3,(H2,20,21,22,23). The predicted molar refractivity (Wildman–Crippen MR) is 96.5 cm³/mol. The van der Waals surface area contributed by atoms with E-state index in [1.807, 2.05) is 56.3 Å². The third-order valence-corrected chi connectivity index (χ3v) is 3.91. The van der Waals surface area contributed by atoms with Crippen molar-refractivity contribution in [2.24, 2.45) is 0 Å². The molecule has 3 aromatic rings. The van der Waals surface area contributed by atoms with Crippen LogP contribution in [0.2, 0.25) is 0 Å². The molecule has 1 heterocycles. The van der Waals surface area contributed by atoms with Gasteiger partial charge in [0.25, 0.3) is 0 Å². The van der Waals surface area contributed by atoms with Crippen LogP contribution in [-0.2, 0) is 0 Å². The van der Waals surface area contributed by atoms with E-state index in [2.05, 4.69) is 41.7 Å². The molecular formula is C17H16BrN5. The van der Waals surface area contributed by atoms with Gasteiger partial charge in [-0.25, -0.2) is 0 Å². The van der Waals surface area contributed by atoms with Gasteiger partial charge in [-0.2, -0.15) is 10.1 Å². The molecule has 0 amide bonds. The van der Waals surface area contributed by atoms with Crippen LogP contribution in [0.1, 0.15) is 11.1 Å². The highest BCUT2D eigenvalue weighted by Crippen LogP contribution is 2.26. The van der Waals surface area contributed by atoms with Crippen LogP contribution in [0.4, 0.5) is 23.1 Å². The second-order valence-corrected chi connectivity index (χ2v) is 6.12. The lowest BCUT2D eigenvalue weighted by molar-refractivity contribution is 0.982. The van der Waals surface area contributed by atoms with E-state index < -0.39 is 0 Å². The molecule has 0 aliphatic heterocycles. The van der Waals surface area contributed by atoms with E-state index in [-0.39, 0.29) is 0 Å². The van der Waals surface area contributed by atoms with Crippen LogP contribution in [0, 0.1) is 13.8 Å². The Morgan fingerprint density at radius 1 is 0.913 bits per heavy atom. The van der Waals surface area contributed by atoms with Gasteiger partial charge < -0.3 is 10.6 Å². The first-order valence-corrected chi connectivity index (χ1v) is 7.96. The summed E-state index contributed by atoms with van der Waals surface area (Å²) in [5, 5.41) is 14.4. The van der Waals surface area contributed by atoms with E-state index in [4.69, 9.17) is 0 Å². The number of nitrogens with zero attached hydrogens (tertiary/aromatic N) is 3. The van der Waals surface area contributed by atoms with Gasteiger partial charge >= 0.3 is 0 Å². The Morgan fingerprint density at radius 2 is 1.65 bits per heavy atom. The maximum atomic E-state index is 4.43. The number of aryl methyl sites for hydroxylation is 2. The molecule has 23 heavy (non-hydrogen) atoms. The molecule has 0 fully saturated rings. The van der Waals surface area contributed by atoms with Crippen molar-refractivity contribution in [3.8, 4) is 0 Å². The minimum Gasteiger partial charge on any atom is -0.338 e. The number of hydrogen-bond donors (Lipinski definition) is 2. The molecule has 0 aliphatic rings. The Morgan fingerprint density at radius 3 is 2.39 bits per heavy atom. The van der Waals surface area contributed by atoms with Crippen LogP contribution in [0.25, 0.3) is 0 Å². The minimum absolute atomic E-state index is 0.446. The summed E-state index contributed by atoms with van der Waals surface area (Å²) in [6.07, 6.45) is 1.59. The largest absolute Gasteiger partial charge is 0.338 e. The average Bonchev–Trinajstić information content (AvgIpc) is 2.53. The maximum absolute atomic E-state index is 4.43. The summed E-state index contributed by atoms with van der Waals surface area (Å²) in [6.45, 7) is 4.09. The van der Waals surface area contributed by atoms with E-state index in [1.165, 1.54) is 11.1 Å². The maximum Gasteiger partial charge on any atom is 0.249 e. The third kappa shape index (κ3) is 4.04. The molecule has 0 unspecified atom stereocenters. The van der Waals surface area contributed by atoms with E-state index in [9.17, 15) is 0 Å². The summed E-state index contributed by atoms with van der Waals surface area (Å²) in [6, 6.07) is 14.1. The molecule has 116 valence electrons. The summed E-state index contributed by atoms with van der Waals surface area (Å²) in [7, 11) is 0. The molecule has 0 aliphatic carbocycles. The Hall–Kier alpha value is -2.47. The summed E-state index contributed by atoms with van der Waals surface area (Å²) < 4.78 is 0.976. The van der Waals surface area contributed by atoms with Crippen molar-refractivity contribution in [3.63, 3.8) is 0 Å². The lowest BCUT2D eigenvalue weighted by atomic mass is 10.2. The Kier molecular flexibility index (Phi) is 4.52. The number of anilines is 4. The van der Waals surface area contributed by atoms with Crippen LogP contribution < -0.4 is 10.6 Å². The SMILES string of the molecule is Cc1ccc(Nc2nncc(Nc3ccc(C)cc3Br)n2)cc1. The van der Waals surface area contributed by atoms with E-state index in [1.54, 1.807) is 6.20 Å². The van der Waals surface area contributed by atoms with Crippen molar-refractivity contribution >= 4 is 39.1 Å². The van der Waals surface area contributed by atoms with Gasteiger partial charge in [-0.15, -0.1) is 5.10 Å². The van der Waals surface area contributed by atoms with Crippen LogP contribution in [0.15, 0.2) is 53.1 Å². The molecule has 5 nitrogen and oxygen atoms in total. The smallest absolute Gasteiger partial charge is 0.249 e. The van der Waals surface area contributed by atoms with Crippen molar-refractivity contribution < 1.29 is 0 Å². The number of rotatable bonds is 4. The summed E-state index contributed by atoms with van der Waals surface area (Å²) in [4.78, 5) is 4.43. The highest BCUT2D eigenvalue weighted by Gasteiger charge is 2.04. The molecule has 0 bridgehead atoms. The average molecular weight is 370 g/mol. The van der Waals surface area contributed by atoms with Gasteiger partial charge in [0.15, 0.2) is 5.82 Å². The van der Waals surface area contributed by atoms with Crippen molar-refractivity contribution in [2.75, 3.05) is 10.6 Å². The predicted octanol–water partition coefficient (Wildman–Crippen LogP) is 4.74. The first kappa shape index (κ1) is 15.4. The monoisotopic (exact) mass is 369 g/mol. The second kappa shape index (κ2) is 6.75. The molecule has 2 N–H and O–H groups in total. The lowest BCUT2D eigenvalue weighted by Gasteiger charge is -2.09. The van der Waals surface area contributed by atoms with Gasteiger partial charge in [0.2, 0.25) is 5.95 Å².